The van der Waals surface area contributed by atoms with Crippen molar-refractivity contribution in [2.45, 2.75) is 24.7 Å². The summed E-state index contributed by atoms with van der Waals surface area (Å²) < 4.78 is 2.38. The molecule has 2 aliphatic rings. The van der Waals surface area contributed by atoms with Gasteiger partial charge in [-0.1, -0.05) is 220 Å². The molecule has 0 unspecified atom stereocenters. The largest absolute Gasteiger partial charge is 0.310 e. The monoisotopic (exact) mass is 968 g/mol. The Morgan fingerprint density at radius 1 is 0.303 bits per heavy atom. The predicted octanol–water partition coefficient (Wildman–Crippen LogP) is 19.4. The van der Waals surface area contributed by atoms with E-state index in [0.29, 0.717) is 0 Å². The third kappa shape index (κ3) is 6.60. The Bertz CT molecular complexity index is 4320. The highest BCUT2D eigenvalue weighted by molar-refractivity contribution is 6.09. The van der Waals surface area contributed by atoms with E-state index in [4.69, 9.17) is 0 Å². The van der Waals surface area contributed by atoms with Crippen molar-refractivity contribution in [3.05, 3.63) is 312 Å². The Hall–Kier alpha value is -9.50. The fourth-order valence-electron chi connectivity index (χ4n) is 13.2. The molecule has 0 fully saturated rings. The van der Waals surface area contributed by atoms with Gasteiger partial charge in [-0.05, 0) is 161 Å². The Balaban J connectivity index is 0.859. The van der Waals surface area contributed by atoms with Crippen molar-refractivity contribution in [3.8, 4) is 50.2 Å². The molecule has 13 aromatic rings. The summed E-state index contributed by atoms with van der Waals surface area (Å²) in [5.41, 5.74) is 24.0. The van der Waals surface area contributed by atoms with Gasteiger partial charge in [-0.2, -0.15) is 0 Å². The maximum absolute atomic E-state index is 2.48. The lowest BCUT2D eigenvalue weighted by Gasteiger charge is -2.34. The zero-order valence-electron chi connectivity index (χ0n) is 42.5. The molecule has 0 spiro atoms. The molecule has 0 aliphatic heterocycles. The number of benzene rings is 12. The van der Waals surface area contributed by atoms with E-state index in [-0.39, 0.29) is 5.41 Å². The van der Waals surface area contributed by atoms with E-state index < -0.39 is 5.41 Å². The van der Waals surface area contributed by atoms with Crippen LogP contribution in [0, 0.1) is 0 Å². The van der Waals surface area contributed by atoms with Crippen LogP contribution in [0.4, 0.5) is 17.1 Å². The van der Waals surface area contributed by atoms with E-state index in [1.165, 1.54) is 110 Å². The molecule has 0 bridgehead atoms. The van der Waals surface area contributed by atoms with Gasteiger partial charge in [0.2, 0.25) is 0 Å². The fraction of sp³-hybridized carbons (Fsp3) is 0.0541. The highest BCUT2D eigenvalue weighted by Crippen LogP contribution is 2.58. The van der Waals surface area contributed by atoms with Crippen molar-refractivity contribution in [1.29, 1.82) is 0 Å². The van der Waals surface area contributed by atoms with Crippen LogP contribution in [0.3, 0.4) is 0 Å². The van der Waals surface area contributed by atoms with Crippen LogP contribution in [0.1, 0.15) is 47.2 Å². The van der Waals surface area contributed by atoms with Crippen LogP contribution in [0.25, 0.3) is 82.8 Å². The lowest BCUT2D eigenvalue weighted by Crippen LogP contribution is -2.28. The molecule has 0 radical (unpaired) electrons. The zero-order valence-corrected chi connectivity index (χ0v) is 42.5. The van der Waals surface area contributed by atoms with Gasteiger partial charge in [-0.25, -0.2) is 0 Å². The number of anilines is 3. The van der Waals surface area contributed by atoms with Crippen LogP contribution in [-0.2, 0) is 10.8 Å². The molecule has 1 aromatic heterocycles. The maximum atomic E-state index is 2.48. The highest BCUT2D eigenvalue weighted by atomic mass is 15.1. The van der Waals surface area contributed by atoms with Crippen LogP contribution in [0.15, 0.2) is 279 Å². The topological polar surface area (TPSA) is 8.17 Å². The van der Waals surface area contributed by atoms with E-state index >= 15 is 0 Å². The second-order valence-electron chi connectivity index (χ2n) is 21.2. The molecule has 0 saturated heterocycles. The molecular weight excluding hydrogens is 917 g/mol. The Kier molecular flexibility index (Phi) is 9.86. The van der Waals surface area contributed by atoms with Gasteiger partial charge in [-0.15, -0.1) is 0 Å². The van der Waals surface area contributed by atoms with E-state index in [9.17, 15) is 0 Å². The van der Waals surface area contributed by atoms with Crippen molar-refractivity contribution in [1.82, 2.24) is 4.57 Å². The first-order chi connectivity index (χ1) is 37.4. The SMILES string of the molecule is CC1(C)c2cc(-c3ccc4ccccc4c3)ccc2-c2ccc(N(c3ccc(-c4ccc(-n5c6ccccc6c6ccccc65)cc4)cc3)c3ccc4c(c3)-c3ccccc3C4(c3ccccc3)c3ccccc3)cc21. The van der Waals surface area contributed by atoms with Gasteiger partial charge in [0, 0.05) is 38.9 Å². The molecule has 358 valence electrons. The van der Waals surface area contributed by atoms with Crippen molar-refractivity contribution in [2.24, 2.45) is 0 Å². The van der Waals surface area contributed by atoms with E-state index in [1.807, 2.05) is 0 Å². The molecular formula is C74H52N2. The number of nitrogens with zero attached hydrogens (tertiary/aromatic N) is 2. The minimum Gasteiger partial charge on any atom is -0.310 e. The summed E-state index contributed by atoms with van der Waals surface area (Å²) in [7, 11) is 0. The molecule has 0 atom stereocenters. The second kappa shape index (κ2) is 17.0. The number of para-hydroxylation sites is 2. The Labute approximate surface area is 444 Å². The molecule has 0 saturated carbocycles. The van der Waals surface area contributed by atoms with Gasteiger partial charge in [0.1, 0.15) is 0 Å². The predicted molar refractivity (Wildman–Crippen MR) is 319 cm³/mol. The van der Waals surface area contributed by atoms with E-state index in [2.05, 4.69) is 302 Å². The lowest BCUT2D eigenvalue weighted by molar-refractivity contribution is 0.660. The van der Waals surface area contributed by atoms with Crippen molar-refractivity contribution in [2.75, 3.05) is 4.90 Å². The van der Waals surface area contributed by atoms with Crippen LogP contribution < -0.4 is 4.90 Å². The van der Waals surface area contributed by atoms with Gasteiger partial charge in [0.05, 0.1) is 16.4 Å². The van der Waals surface area contributed by atoms with Crippen LogP contribution in [0.5, 0.6) is 0 Å². The van der Waals surface area contributed by atoms with Crippen molar-refractivity contribution >= 4 is 49.6 Å². The van der Waals surface area contributed by atoms with Gasteiger partial charge < -0.3 is 9.47 Å². The fourth-order valence-corrected chi connectivity index (χ4v) is 13.2. The molecule has 2 heteroatoms. The number of rotatable bonds is 8. The Morgan fingerprint density at radius 3 is 1.47 bits per heavy atom. The lowest BCUT2D eigenvalue weighted by atomic mass is 9.68. The summed E-state index contributed by atoms with van der Waals surface area (Å²) >= 11 is 0. The first-order valence-electron chi connectivity index (χ1n) is 26.6. The quantitative estimate of drug-likeness (QED) is 0.147. The molecule has 12 aromatic carbocycles. The van der Waals surface area contributed by atoms with Gasteiger partial charge >= 0.3 is 0 Å². The van der Waals surface area contributed by atoms with Crippen LogP contribution >= 0.6 is 0 Å². The first kappa shape index (κ1) is 44.0. The average molecular weight is 969 g/mol. The van der Waals surface area contributed by atoms with Gasteiger partial charge in [0.25, 0.3) is 0 Å². The summed E-state index contributed by atoms with van der Waals surface area (Å²) in [5.74, 6) is 0. The maximum Gasteiger partial charge on any atom is 0.0713 e. The minimum atomic E-state index is -0.481. The van der Waals surface area contributed by atoms with Gasteiger partial charge in [0.15, 0.2) is 0 Å². The summed E-state index contributed by atoms with van der Waals surface area (Å²) in [6.07, 6.45) is 0. The van der Waals surface area contributed by atoms with E-state index in [1.54, 1.807) is 0 Å². The number of hydrogen-bond donors (Lipinski definition) is 0. The number of aromatic nitrogens is 1. The smallest absolute Gasteiger partial charge is 0.0713 e. The molecule has 0 amide bonds. The molecule has 0 N–H and O–H groups in total. The third-order valence-corrected chi connectivity index (χ3v) is 16.9. The van der Waals surface area contributed by atoms with Crippen molar-refractivity contribution in [3.63, 3.8) is 0 Å². The number of fused-ring (bicyclic) bond motifs is 10. The molecule has 2 aliphatic carbocycles. The summed E-state index contributed by atoms with van der Waals surface area (Å²) in [6.45, 7) is 4.80. The molecule has 1 heterocycles. The number of hydrogen-bond acceptors (Lipinski definition) is 1. The summed E-state index contributed by atoms with van der Waals surface area (Å²) in [4.78, 5) is 2.48. The molecule has 15 rings (SSSR count). The second-order valence-corrected chi connectivity index (χ2v) is 21.2. The zero-order chi connectivity index (χ0) is 50.5. The molecule has 76 heavy (non-hydrogen) atoms. The standard InChI is InChI=1S/C74H52N2/c1-73(2)69-46-54(53-30-29-49-17-9-10-18-52(49)45-53)35-42-62(69)63-43-40-60(48-70(63)73)75(57-36-31-50(32-37-57)51-33-38-58(39-34-51)76-71-27-15-12-24-64(71)65-25-13-16-28-72(65)76)59-41-44-68-66(47-59)61-23-11-14-26-67(61)74(68,55-19-5-3-6-20-55)56-21-7-4-8-22-56/h3-48H,1-2H3. The average Bonchev–Trinajstić information content (AvgIpc) is 4.08. The highest BCUT2D eigenvalue weighted by Gasteiger charge is 2.46. The molecule has 2 nitrogen and oxygen atoms in total. The Morgan fingerprint density at radius 2 is 0.776 bits per heavy atom. The van der Waals surface area contributed by atoms with Crippen molar-refractivity contribution < 1.29 is 0 Å². The van der Waals surface area contributed by atoms with E-state index in [0.717, 1.165) is 22.7 Å². The van der Waals surface area contributed by atoms with Crippen LogP contribution in [-0.4, -0.2) is 4.57 Å². The third-order valence-electron chi connectivity index (χ3n) is 16.9. The normalized spacial score (nSPS) is 13.6. The first-order valence-corrected chi connectivity index (χ1v) is 26.6. The summed E-state index contributed by atoms with van der Waals surface area (Å²) in [6, 6.07) is 104. The summed E-state index contributed by atoms with van der Waals surface area (Å²) in [5, 5.41) is 5.06. The minimum absolute atomic E-state index is 0.240. The van der Waals surface area contributed by atoms with Gasteiger partial charge in [-0.3, -0.25) is 0 Å². The van der Waals surface area contributed by atoms with Crippen LogP contribution in [0.2, 0.25) is 0 Å².